The van der Waals surface area contributed by atoms with Crippen molar-refractivity contribution < 1.29 is 28.6 Å². The number of pyridine rings is 1. The predicted octanol–water partition coefficient (Wildman–Crippen LogP) is 3.62. The van der Waals surface area contributed by atoms with Crippen molar-refractivity contribution in [2.75, 3.05) is 13.2 Å². The molecular formula is C27H33N3O6. The van der Waals surface area contributed by atoms with E-state index in [1.807, 2.05) is 24.3 Å². The van der Waals surface area contributed by atoms with E-state index in [2.05, 4.69) is 16.9 Å². The van der Waals surface area contributed by atoms with Crippen LogP contribution in [0.5, 0.6) is 5.75 Å². The molecule has 2 amide bonds. The molecule has 2 fully saturated rings. The van der Waals surface area contributed by atoms with Gasteiger partial charge in [0, 0.05) is 23.9 Å². The zero-order valence-electron chi connectivity index (χ0n) is 21.2. The zero-order valence-corrected chi connectivity index (χ0v) is 21.2. The van der Waals surface area contributed by atoms with E-state index in [1.54, 1.807) is 46.0 Å². The van der Waals surface area contributed by atoms with Crippen LogP contribution in [0.1, 0.15) is 40.5 Å². The Labute approximate surface area is 210 Å². The Kier molecular flexibility index (Phi) is 6.93. The molecule has 1 saturated heterocycles. The zero-order chi connectivity index (χ0) is 26.1. The maximum atomic E-state index is 13.5. The summed E-state index contributed by atoms with van der Waals surface area (Å²) in [6.45, 7) is 11.1. The lowest BCUT2D eigenvalue weighted by molar-refractivity contribution is -0.149. The number of nitrogens with one attached hydrogen (secondary N) is 1. The molecule has 1 aliphatic carbocycles. The van der Waals surface area contributed by atoms with Gasteiger partial charge in [-0.25, -0.2) is 9.59 Å². The first-order valence-corrected chi connectivity index (χ1v) is 12.2. The number of rotatable bonds is 7. The van der Waals surface area contributed by atoms with E-state index >= 15 is 0 Å². The van der Waals surface area contributed by atoms with Crippen LogP contribution < -0.4 is 10.1 Å². The van der Waals surface area contributed by atoms with Crippen LogP contribution in [0.3, 0.4) is 0 Å². The molecule has 1 saturated carbocycles. The summed E-state index contributed by atoms with van der Waals surface area (Å²) < 4.78 is 17.1. The fraction of sp³-hybridized carbons (Fsp3) is 0.481. The summed E-state index contributed by atoms with van der Waals surface area (Å²) in [5, 5.41) is 3.69. The Morgan fingerprint density at radius 1 is 1.25 bits per heavy atom. The number of carbonyl (C=O) groups is 3. The van der Waals surface area contributed by atoms with Crippen molar-refractivity contribution in [1.82, 2.24) is 15.2 Å². The molecule has 4 atom stereocenters. The van der Waals surface area contributed by atoms with Crippen molar-refractivity contribution in [3.63, 3.8) is 0 Å². The third-order valence-electron chi connectivity index (χ3n) is 6.38. The predicted molar refractivity (Wildman–Crippen MR) is 133 cm³/mol. The minimum absolute atomic E-state index is 0.154. The van der Waals surface area contributed by atoms with Crippen LogP contribution in [0.15, 0.2) is 49.2 Å². The number of fused-ring (bicyclic) bond motifs is 1. The van der Waals surface area contributed by atoms with Crippen molar-refractivity contribution in [3.8, 4) is 5.75 Å². The maximum Gasteiger partial charge on any atom is 0.411 e. The van der Waals surface area contributed by atoms with Gasteiger partial charge in [0.2, 0.25) is 5.91 Å². The highest BCUT2D eigenvalue weighted by Crippen LogP contribution is 2.45. The molecule has 0 bridgehead atoms. The van der Waals surface area contributed by atoms with Gasteiger partial charge in [0.15, 0.2) is 0 Å². The van der Waals surface area contributed by atoms with Gasteiger partial charge in [0.1, 0.15) is 29.0 Å². The van der Waals surface area contributed by atoms with E-state index in [4.69, 9.17) is 14.2 Å². The molecule has 1 aromatic carbocycles. The number of amides is 2. The summed E-state index contributed by atoms with van der Waals surface area (Å²) in [4.78, 5) is 45.0. The standard InChI is InChI=1S/C27H33N3O6/c1-6-17-15-27(17,24(32)34-7-2)29-23(31)21-14-18(16-30(21)25(33)36-26(3,4)5)35-22-12-13-28-20-11-9-8-10-19(20)22/h6,8-13,17-18,21H,1,7,14-16H2,2-5H3,(H,29,31)/t17?,18?,21-,27?/m0/s1. The molecule has 0 radical (unpaired) electrons. The SMILES string of the molecule is C=CC1CC1(NC(=O)[C@@H]1CC(Oc2ccnc3ccccc23)CN1C(=O)OC(C)(C)C)C(=O)OCC. The van der Waals surface area contributed by atoms with Gasteiger partial charge in [0.05, 0.1) is 18.7 Å². The first kappa shape index (κ1) is 25.5. The van der Waals surface area contributed by atoms with Crippen LogP contribution in [0.2, 0.25) is 0 Å². The second-order valence-corrected chi connectivity index (χ2v) is 10.2. The van der Waals surface area contributed by atoms with E-state index in [0.717, 1.165) is 10.9 Å². The molecule has 1 aliphatic heterocycles. The van der Waals surface area contributed by atoms with Crippen molar-refractivity contribution in [1.29, 1.82) is 0 Å². The van der Waals surface area contributed by atoms with Gasteiger partial charge in [-0.15, -0.1) is 6.58 Å². The highest BCUT2D eigenvalue weighted by molar-refractivity contribution is 5.95. The van der Waals surface area contributed by atoms with Gasteiger partial charge in [-0.1, -0.05) is 18.2 Å². The van der Waals surface area contributed by atoms with E-state index in [9.17, 15) is 14.4 Å². The molecule has 36 heavy (non-hydrogen) atoms. The Balaban J connectivity index is 1.57. The number of ether oxygens (including phenoxy) is 3. The molecule has 1 aromatic heterocycles. The molecule has 2 aliphatic rings. The smallest absolute Gasteiger partial charge is 0.411 e. The average molecular weight is 496 g/mol. The number of nitrogens with zero attached hydrogens (tertiary/aromatic N) is 2. The summed E-state index contributed by atoms with van der Waals surface area (Å²) in [7, 11) is 0. The average Bonchev–Trinajstić information content (AvgIpc) is 3.37. The number of benzene rings is 1. The number of hydrogen-bond donors (Lipinski definition) is 1. The van der Waals surface area contributed by atoms with Crippen LogP contribution in [-0.2, 0) is 19.1 Å². The van der Waals surface area contributed by atoms with E-state index < -0.39 is 41.3 Å². The van der Waals surface area contributed by atoms with E-state index in [-0.39, 0.29) is 25.5 Å². The highest BCUT2D eigenvalue weighted by Gasteiger charge is 2.62. The molecular weight excluding hydrogens is 462 g/mol. The summed E-state index contributed by atoms with van der Waals surface area (Å²) in [6.07, 6.45) is 2.86. The monoisotopic (exact) mass is 495 g/mol. The lowest BCUT2D eigenvalue weighted by Crippen LogP contribution is -2.53. The molecule has 2 heterocycles. The lowest BCUT2D eigenvalue weighted by Gasteiger charge is -2.28. The Bertz CT molecular complexity index is 1170. The third-order valence-corrected chi connectivity index (χ3v) is 6.38. The van der Waals surface area contributed by atoms with Gasteiger partial charge in [0.25, 0.3) is 0 Å². The highest BCUT2D eigenvalue weighted by atomic mass is 16.6. The van der Waals surface area contributed by atoms with Crippen molar-refractivity contribution in [2.45, 2.75) is 63.8 Å². The molecule has 2 aromatic rings. The van der Waals surface area contributed by atoms with Crippen LogP contribution in [0, 0.1) is 5.92 Å². The van der Waals surface area contributed by atoms with Gasteiger partial charge < -0.3 is 19.5 Å². The fourth-order valence-electron chi connectivity index (χ4n) is 4.57. The molecule has 9 nitrogen and oxygen atoms in total. The number of aromatic nitrogens is 1. The van der Waals surface area contributed by atoms with Crippen molar-refractivity contribution in [3.05, 3.63) is 49.2 Å². The Morgan fingerprint density at radius 3 is 2.67 bits per heavy atom. The fourth-order valence-corrected chi connectivity index (χ4v) is 4.57. The number of carbonyl (C=O) groups excluding carboxylic acids is 3. The Hall–Kier alpha value is -3.62. The van der Waals surface area contributed by atoms with E-state index in [1.165, 1.54) is 4.90 Å². The van der Waals surface area contributed by atoms with Crippen molar-refractivity contribution in [2.24, 2.45) is 5.92 Å². The summed E-state index contributed by atoms with van der Waals surface area (Å²) in [5.74, 6) is -0.565. The van der Waals surface area contributed by atoms with Crippen molar-refractivity contribution >= 4 is 28.9 Å². The molecule has 4 rings (SSSR count). The minimum Gasteiger partial charge on any atom is -0.488 e. The van der Waals surface area contributed by atoms with Gasteiger partial charge in [-0.05, 0) is 52.3 Å². The summed E-state index contributed by atoms with van der Waals surface area (Å²) >= 11 is 0. The third kappa shape index (κ3) is 5.15. The Morgan fingerprint density at radius 2 is 2.00 bits per heavy atom. The van der Waals surface area contributed by atoms with Crippen LogP contribution in [0.4, 0.5) is 4.79 Å². The molecule has 192 valence electrons. The second kappa shape index (κ2) is 9.79. The van der Waals surface area contributed by atoms with Gasteiger partial charge in [-0.3, -0.25) is 14.7 Å². The number of para-hydroxylation sites is 1. The molecule has 3 unspecified atom stereocenters. The second-order valence-electron chi connectivity index (χ2n) is 10.2. The lowest BCUT2D eigenvalue weighted by atomic mass is 10.1. The quantitative estimate of drug-likeness (QED) is 0.462. The van der Waals surface area contributed by atoms with Crippen LogP contribution in [0.25, 0.3) is 10.9 Å². The largest absolute Gasteiger partial charge is 0.488 e. The number of likely N-dealkylation sites (tertiary alicyclic amines) is 1. The molecule has 0 spiro atoms. The van der Waals surface area contributed by atoms with Crippen LogP contribution in [-0.4, -0.2) is 64.3 Å². The number of hydrogen-bond acceptors (Lipinski definition) is 7. The topological polar surface area (TPSA) is 107 Å². The normalized spacial score (nSPS) is 25.2. The van der Waals surface area contributed by atoms with E-state index in [0.29, 0.717) is 12.2 Å². The first-order chi connectivity index (χ1) is 17.1. The summed E-state index contributed by atoms with van der Waals surface area (Å²) in [5.41, 5.74) is -1.12. The molecule has 1 N–H and O–H groups in total. The van der Waals surface area contributed by atoms with Gasteiger partial charge in [-0.2, -0.15) is 0 Å². The summed E-state index contributed by atoms with van der Waals surface area (Å²) in [6, 6.07) is 8.48. The van der Waals surface area contributed by atoms with Gasteiger partial charge >= 0.3 is 12.1 Å². The maximum absolute atomic E-state index is 13.5. The molecule has 9 heteroatoms. The van der Waals surface area contributed by atoms with Crippen LogP contribution >= 0.6 is 0 Å². The number of esters is 1. The minimum atomic E-state index is -1.16. The first-order valence-electron chi connectivity index (χ1n) is 12.2.